The predicted molar refractivity (Wildman–Crippen MR) is 119 cm³/mol. The summed E-state index contributed by atoms with van der Waals surface area (Å²) in [7, 11) is 0. The van der Waals surface area contributed by atoms with Crippen LogP contribution in [0.25, 0.3) is 0 Å². The van der Waals surface area contributed by atoms with Gasteiger partial charge in [0.1, 0.15) is 6.61 Å². The van der Waals surface area contributed by atoms with Crippen LogP contribution in [0.3, 0.4) is 0 Å². The summed E-state index contributed by atoms with van der Waals surface area (Å²) in [6, 6.07) is 5.32. The standard InChI is InChI=1S/C23H35N3O5/c1-2-3-4-5-6-17-13-18(23(30)25-12-9-22(28)29)15-19(14-17)26-21(27)16-31-20-7-10-24-11-8-20/h13-15,20,24H,2-12,16H2,1H3,(H,25,30)(H,26,27)(H,28,29). The fraction of sp³-hybridized carbons (Fsp3) is 0.609. The number of hydrogen-bond donors (Lipinski definition) is 4. The monoisotopic (exact) mass is 433 g/mol. The number of piperidine rings is 1. The van der Waals surface area contributed by atoms with Crippen molar-refractivity contribution < 1.29 is 24.2 Å². The molecule has 1 saturated heterocycles. The van der Waals surface area contributed by atoms with Crippen molar-refractivity contribution >= 4 is 23.5 Å². The lowest BCUT2D eigenvalue weighted by Gasteiger charge is -2.22. The van der Waals surface area contributed by atoms with Crippen molar-refractivity contribution in [2.45, 2.75) is 64.4 Å². The summed E-state index contributed by atoms with van der Waals surface area (Å²) in [6.45, 7) is 3.98. The zero-order chi connectivity index (χ0) is 22.5. The van der Waals surface area contributed by atoms with Gasteiger partial charge in [-0.25, -0.2) is 0 Å². The molecule has 0 bridgehead atoms. The number of unbranched alkanes of at least 4 members (excludes halogenated alkanes) is 3. The number of aryl methyl sites for hydroxylation is 1. The number of carbonyl (C=O) groups is 3. The second-order valence-corrected chi connectivity index (χ2v) is 7.94. The summed E-state index contributed by atoms with van der Waals surface area (Å²) in [5.41, 5.74) is 1.93. The minimum atomic E-state index is -0.966. The number of aliphatic carboxylic acids is 1. The lowest BCUT2D eigenvalue weighted by atomic mass is 10.0. The van der Waals surface area contributed by atoms with Crippen molar-refractivity contribution in [3.05, 3.63) is 29.3 Å². The Morgan fingerprint density at radius 1 is 1.13 bits per heavy atom. The fourth-order valence-electron chi connectivity index (χ4n) is 3.53. The average Bonchev–Trinajstić information content (AvgIpc) is 2.75. The average molecular weight is 434 g/mol. The van der Waals surface area contributed by atoms with Gasteiger partial charge in [-0.2, -0.15) is 0 Å². The second kappa shape index (κ2) is 13.8. The molecule has 8 nitrogen and oxygen atoms in total. The van der Waals surface area contributed by atoms with Crippen molar-refractivity contribution in [1.29, 1.82) is 0 Å². The van der Waals surface area contributed by atoms with Crippen LogP contribution in [0.4, 0.5) is 5.69 Å². The quantitative estimate of drug-likeness (QED) is 0.356. The zero-order valence-electron chi connectivity index (χ0n) is 18.4. The van der Waals surface area contributed by atoms with Gasteiger partial charge in [0.25, 0.3) is 5.91 Å². The summed E-state index contributed by atoms with van der Waals surface area (Å²) >= 11 is 0. The Hall–Kier alpha value is -2.45. The van der Waals surface area contributed by atoms with E-state index in [1.165, 1.54) is 0 Å². The van der Waals surface area contributed by atoms with E-state index in [1.54, 1.807) is 6.07 Å². The van der Waals surface area contributed by atoms with Crippen LogP contribution in [0.5, 0.6) is 0 Å². The first kappa shape index (κ1) is 24.8. The maximum atomic E-state index is 12.5. The minimum Gasteiger partial charge on any atom is -0.481 e. The van der Waals surface area contributed by atoms with Gasteiger partial charge >= 0.3 is 5.97 Å². The summed E-state index contributed by atoms with van der Waals surface area (Å²) in [4.78, 5) is 35.5. The third-order valence-corrected chi connectivity index (χ3v) is 5.22. The first-order chi connectivity index (χ1) is 15.0. The normalized spacial score (nSPS) is 14.2. The Balaban J connectivity index is 1.99. The molecule has 4 N–H and O–H groups in total. The van der Waals surface area contributed by atoms with E-state index in [4.69, 9.17) is 9.84 Å². The van der Waals surface area contributed by atoms with Gasteiger partial charge in [0.15, 0.2) is 0 Å². The molecule has 1 aromatic carbocycles. The molecule has 0 aliphatic carbocycles. The summed E-state index contributed by atoms with van der Waals surface area (Å²) in [5.74, 6) is -1.57. The van der Waals surface area contributed by atoms with Crippen LogP contribution in [-0.4, -0.2) is 55.2 Å². The smallest absolute Gasteiger partial charge is 0.305 e. The van der Waals surface area contributed by atoms with Crippen molar-refractivity contribution in [2.24, 2.45) is 0 Å². The molecule has 0 radical (unpaired) electrons. The van der Waals surface area contributed by atoms with Crippen LogP contribution < -0.4 is 16.0 Å². The number of benzene rings is 1. The van der Waals surface area contributed by atoms with Crippen molar-refractivity contribution in [3.63, 3.8) is 0 Å². The maximum absolute atomic E-state index is 12.5. The number of ether oxygens (including phenoxy) is 1. The maximum Gasteiger partial charge on any atom is 0.305 e. The van der Waals surface area contributed by atoms with Crippen molar-refractivity contribution in [3.8, 4) is 0 Å². The third-order valence-electron chi connectivity index (χ3n) is 5.22. The largest absolute Gasteiger partial charge is 0.481 e. The molecular weight excluding hydrogens is 398 g/mol. The van der Waals surface area contributed by atoms with E-state index in [2.05, 4.69) is 22.9 Å². The first-order valence-electron chi connectivity index (χ1n) is 11.2. The highest BCUT2D eigenvalue weighted by atomic mass is 16.5. The van der Waals surface area contributed by atoms with Crippen LogP contribution in [0.1, 0.15) is 67.8 Å². The molecule has 1 aliphatic heterocycles. The number of rotatable bonds is 13. The highest BCUT2D eigenvalue weighted by molar-refractivity contribution is 5.97. The third kappa shape index (κ3) is 9.93. The molecule has 2 rings (SSSR count). The molecule has 0 aromatic heterocycles. The van der Waals surface area contributed by atoms with E-state index >= 15 is 0 Å². The Bertz CT molecular complexity index is 732. The fourth-order valence-corrected chi connectivity index (χ4v) is 3.53. The van der Waals surface area contributed by atoms with E-state index in [0.717, 1.165) is 63.6 Å². The number of carboxylic acid groups (broad SMARTS) is 1. The highest BCUT2D eigenvalue weighted by Gasteiger charge is 2.16. The van der Waals surface area contributed by atoms with Gasteiger partial charge in [0.05, 0.1) is 12.5 Å². The van der Waals surface area contributed by atoms with Crippen LogP contribution in [0.2, 0.25) is 0 Å². The second-order valence-electron chi connectivity index (χ2n) is 7.94. The molecule has 1 heterocycles. The number of hydrogen-bond acceptors (Lipinski definition) is 5. The van der Waals surface area contributed by atoms with E-state index in [-0.39, 0.29) is 37.5 Å². The Morgan fingerprint density at radius 3 is 2.61 bits per heavy atom. The molecule has 2 amide bonds. The van der Waals surface area contributed by atoms with Gasteiger partial charge in [0, 0.05) is 17.8 Å². The lowest BCUT2D eigenvalue weighted by Crippen LogP contribution is -2.34. The molecule has 0 unspecified atom stereocenters. The topological polar surface area (TPSA) is 117 Å². The molecule has 1 fully saturated rings. The van der Waals surface area contributed by atoms with Gasteiger partial charge in [-0.15, -0.1) is 0 Å². The summed E-state index contributed by atoms with van der Waals surface area (Å²) in [6.07, 6.45) is 6.96. The number of carboxylic acids is 1. The Labute approximate surface area is 184 Å². The van der Waals surface area contributed by atoms with Gasteiger partial charge in [-0.1, -0.05) is 26.2 Å². The van der Waals surface area contributed by atoms with Crippen LogP contribution >= 0.6 is 0 Å². The van der Waals surface area contributed by atoms with Crippen LogP contribution in [-0.2, 0) is 20.7 Å². The van der Waals surface area contributed by atoms with E-state index in [9.17, 15) is 14.4 Å². The molecule has 0 saturated carbocycles. The van der Waals surface area contributed by atoms with E-state index in [1.807, 2.05) is 12.1 Å². The Morgan fingerprint density at radius 2 is 1.90 bits per heavy atom. The van der Waals surface area contributed by atoms with Gasteiger partial charge in [-0.3, -0.25) is 14.4 Å². The summed E-state index contributed by atoms with van der Waals surface area (Å²) in [5, 5.41) is 17.5. The Kier molecular flexibility index (Phi) is 11.0. The molecule has 31 heavy (non-hydrogen) atoms. The number of carbonyl (C=O) groups excluding carboxylic acids is 2. The van der Waals surface area contributed by atoms with Crippen molar-refractivity contribution in [1.82, 2.24) is 10.6 Å². The molecule has 0 atom stereocenters. The molecule has 1 aliphatic rings. The molecular formula is C23H35N3O5. The highest BCUT2D eigenvalue weighted by Crippen LogP contribution is 2.18. The van der Waals surface area contributed by atoms with E-state index in [0.29, 0.717) is 11.3 Å². The predicted octanol–water partition coefficient (Wildman–Crippen LogP) is 2.72. The first-order valence-corrected chi connectivity index (χ1v) is 11.2. The van der Waals surface area contributed by atoms with Gasteiger partial charge in [0.2, 0.25) is 5.91 Å². The van der Waals surface area contributed by atoms with Crippen LogP contribution in [0, 0.1) is 0 Å². The number of anilines is 1. The number of nitrogens with one attached hydrogen (secondary N) is 3. The SMILES string of the molecule is CCCCCCc1cc(NC(=O)COC2CCNCC2)cc(C(=O)NCCC(=O)O)c1. The lowest BCUT2D eigenvalue weighted by molar-refractivity contribution is -0.136. The van der Waals surface area contributed by atoms with Crippen LogP contribution in [0.15, 0.2) is 18.2 Å². The molecule has 8 heteroatoms. The summed E-state index contributed by atoms with van der Waals surface area (Å²) < 4.78 is 5.71. The number of amides is 2. The molecule has 0 spiro atoms. The van der Waals surface area contributed by atoms with E-state index < -0.39 is 5.97 Å². The van der Waals surface area contributed by atoms with Crippen molar-refractivity contribution in [2.75, 3.05) is 31.6 Å². The molecule has 172 valence electrons. The van der Waals surface area contributed by atoms with Gasteiger partial charge < -0.3 is 25.8 Å². The minimum absolute atomic E-state index is 0.0223. The molecule has 1 aromatic rings. The zero-order valence-corrected chi connectivity index (χ0v) is 18.4. The van der Waals surface area contributed by atoms with Gasteiger partial charge in [-0.05, 0) is 62.5 Å².